The van der Waals surface area contributed by atoms with Crippen LogP contribution in [0.3, 0.4) is 0 Å². The molecule has 214 valence electrons. The maximum absolute atomic E-state index is 9.77. The van der Waals surface area contributed by atoms with Crippen molar-refractivity contribution in [1.82, 2.24) is 5.32 Å². The van der Waals surface area contributed by atoms with Crippen LogP contribution >= 0.6 is 11.6 Å². The Hall–Kier alpha value is -2.85. The Labute approximate surface area is 234 Å². The van der Waals surface area contributed by atoms with Crippen molar-refractivity contribution in [3.8, 4) is 5.75 Å². The van der Waals surface area contributed by atoms with Crippen LogP contribution in [0.2, 0.25) is 5.02 Å². The molecular weight excluding hydrogens is 524 g/mol. The molecule has 4 rings (SSSR count). The van der Waals surface area contributed by atoms with Crippen molar-refractivity contribution in [3.05, 3.63) is 58.1 Å². The van der Waals surface area contributed by atoms with Crippen molar-refractivity contribution in [3.63, 3.8) is 0 Å². The Kier molecular flexibility index (Phi) is 11.4. The number of hydrogen-bond donors (Lipinski definition) is 6. The van der Waals surface area contributed by atoms with Crippen molar-refractivity contribution in [2.45, 2.75) is 70.6 Å². The molecule has 0 bridgehead atoms. The molecule has 6 N–H and O–H groups in total. The number of halogens is 1. The van der Waals surface area contributed by atoms with Crippen molar-refractivity contribution >= 4 is 29.2 Å². The van der Waals surface area contributed by atoms with E-state index in [1.807, 2.05) is 6.07 Å². The molecule has 0 saturated heterocycles. The summed E-state index contributed by atoms with van der Waals surface area (Å²) < 4.78 is 6.13. The molecular formula is C29H39ClN2O7. The van der Waals surface area contributed by atoms with Gasteiger partial charge in [-0.3, -0.25) is 0 Å². The van der Waals surface area contributed by atoms with E-state index in [0.29, 0.717) is 5.41 Å². The first-order chi connectivity index (χ1) is 18.6. The lowest BCUT2D eigenvalue weighted by Gasteiger charge is -2.33. The largest absolute Gasteiger partial charge is 0.493 e. The average Bonchev–Trinajstić information content (AvgIpc) is 3.17. The Morgan fingerprint density at radius 1 is 0.974 bits per heavy atom. The molecule has 0 amide bonds. The van der Waals surface area contributed by atoms with E-state index in [1.54, 1.807) is 0 Å². The molecule has 1 fully saturated rings. The van der Waals surface area contributed by atoms with Gasteiger partial charge in [-0.2, -0.15) is 0 Å². The standard InChI is InChI=1S/C25H33ClN2O.C4H6O6/c1-25(13-3-2-4-14-25)18-29-21-8-5-19(6-9-21)17-28-24-22-12-16-27-15-11-20(22)7-10-23(24)26;5-1(3(7)8)2(6)4(9)10/h5-10,27-28H,2-4,11-18H2,1H3;1-2,5-6H,(H,7,8)(H,9,10)/t;1-,2-/m.1/s1. The molecule has 2 aromatic rings. The minimum Gasteiger partial charge on any atom is -0.493 e. The summed E-state index contributed by atoms with van der Waals surface area (Å²) in [6.45, 7) is 6.00. The molecule has 10 heteroatoms. The summed E-state index contributed by atoms with van der Waals surface area (Å²) in [5, 5.41) is 40.4. The summed E-state index contributed by atoms with van der Waals surface area (Å²) in [4.78, 5) is 19.5. The van der Waals surface area contributed by atoms with Crippen molar-refractivity contribution < 1.29 is 34.8 Å². The monoisotopic (exact) mass is 562 g/mol. The lowest BCUT2D eigenvalue weighted by Crippen LogP contribution is -2.39. The summed E-state index contributed by atoms with van der Waals surface area (Å²) in [6, 6.07) is 12.7. The van der Waals surface area contributed by atoms with Gasteiger partial charge in [0.05, 0.1) is 17.3 Å². The van der Waals surface area contributed by atoms with Gasteiger partial charge in [0.15, 0.2) is 12.2 Å². The summed E-state index contributed by atoms with van der Waals surface area (Å²) in [5.41, 5.74) is 5.44. The minimum absolute atomic E-state index is 0.342. The molecule has 1 aliphatic carbocycles. The molecule has 0 unspecified atom stereocenters. The van der Waals surface area contributed by atoms with Gasteiger partial charge in [-0.15, -0.1) is 0 Å². The van der Waals surface area contributed by atoms with Crippen molar-refractivity contribution in [2.75, 3.05) is 25.0 Å². The minimum atomic E-state index is -2.27. The van der Waals surface area contributed by atoms with E-state index in [-0.39, 0.29) is 0 Å². The van der Waals surface area contributed by atoms with Gasteiger partial charge in [0.1, 0.15) is 5.75 Å². The van der Waals surface area contributed by atoms with Crippen LogP contribution in [0, 0.1) is 5.41 Å². The summed E-state index contributed by atoms with van der Waals surface area (Å²) in [7, 11) is 0. The number of benzene rings is 2. The van der Waals surface area contributed by atoms with Gasteiger partial charge in [-0.25, -0.2) is 9.59 Å². The second kappa shape index (κ2) is 14.5. The zero-order chi connectivity index (χ0) is 28.4. The predicted molar refractivity (Wildman–Crippen MR) is 149 cm³/mol. The molecule has 1 saturated carbocycles. The van der Waals surface area contributed by atoms with Crippen molar-refractivity contribution in [2.24, 2.45) is 5.41 Å². The topological polar surface area (TPSA) is 148 Å². The van der Waals surface area contributed by atoms with Crippen LogP contribution in [0.4, 0.5) is 5.69 Å². The van der Waals surface area contributed by atoms with E-state index in [4.69, 9.17) is 36.8 Å². The number of carboxylic acid groups (broad SMARTS) is 2. The molecule has 2 aromatic carbocycles. The molecule has 0 spiro atoms. The zero-order valence-electron chi connectivity index (χ0n) is 22.3. The number of carbonyl (C=O) groups is 2. The number of aliphatic carboxylic acids is 2. The number of fused-ring (bicyclic) bond motifs is 1. The van der Waals surface area contributed by atoms with E-state index in [0.717, 1.165) is 55.5 Å². The predicted octanol–water partition coefficient (Wildman–Crippen LogP) is 3.87. The number of aliphatic hydroxyl groups is 2. The Morgan fingerprint density at radius 2 is 1.59 bits per heavy atom. The molecule has 39 heavy (non-hydrogen) atoms. The average molecular weight is 563 g/mol. The highest BCUT2D eigenvalue weighted by Gasteiger charge is 2.29. The summed E-state index contributed by atoms with van der Waals surface area (Å²) in [6.07, 6.45) is 4.17. The third-order valence-corrected chi connectivity index (χ3v) is 7.64. The smallest absolute Gasteiger partial charge is 0.335 e. The van der Waals surface area contributed by atoms with Gasteiger partial charge < -0.3 is 35.8 Å². The van der Waals surface area contributed by atoms with E-state index in [2.05, 4.69) is 47.9 Å². The molecule has 2 aliphatic rings. The fourth-order valence-corrected chi connectivity index (χ4v) is 5.15. The normalized spacial score (nSPS) is 17.8. The van der Waals surface area contributed by atoms with Crippen molar-refractivity contribution in [1.29, 1.82) is 0 Å². The Morgan fingerprint density at radius 3 is 2.21 bits per heavy atom. The molecule has 1 heterocycles. The second-order valence-corrected chi connectivity index (χ2v) is 10.9. The number of aliphatic hydroxyl groups excluding tert-OH is 2. The number of hydrogen-bond acceptors (Lipinski definition) is 7. The summed E-state index contributed by atoms with van der Waals surface area (Å²) in [5.74, 6) is -2.57. The van der Waals surface area contributed by atoms with E-state index in [9.17, 15) is 9.59 Å². The van der Waals surface area contributed by atoms with Gasteiger partial charge in [0.2, 0.25) is 0 Å². The molecule has 2 atom stereocenters. The number of carboxylic acids is 2. The van der Waals surface area contributed by atoms with Crippen LogP contribution in [-0.2, 0) is 29.0 Å². The van der Waals surface area contributed by atoms with Gasteiger partial charge in [-0.05, 0) is 73.7 Å². The van der Waals surface area contributed by atoms with Gasteiger partial charge in [0.25, 0.3) is 0 Å². The number of rotatable bonds is 9. The Balaban J connectivity index is 0.000000360. The molecule has 1 aliphatic heterocycles. The van der Waals surface area contributed by atoms with Crippen LogP contribution in [0.15, 0.2) is 36.4 Å². The lowest BCUT2D eigenvalue weighted by atomic mass is 9.76. The van der Waals surface area contributed by atoms with Crippen LogP contribution in [0.25, 0.3) is 0 Å². The number of anilines is 1. The SMILES string of the molecule is CC1(COc2ccc(CNc3c(Cl)ccc4c3CCNCC4)cc2)CCCCC1.O=C(O)[C@H](O)[C@@H](O)C(=O)O. The number of nitrogens with one attached hydrogen (secondary N) is 2. The fraction of sp³-hybridized carbons (Fsp3) is 0.517. The highest BCUT2D eigenvalue weighted by atomic mass is 35.5. The third kappa shape index (κ3) is 9.10. The highest BCUT2D eigenvalue weighted by molar-refractivity contribution is 6.33. The Bertz CT molecular complexity index is 1090. The van der Waals surface area contributed by atoms with Crippen LogP contribution < -0.4 is 15.4 Å². The molecule has 0 radical (unpaired) electrons. The molecule has 9 nitrogen and oxygen atoms in total. The maximum Gasteiger partial charge on any atom is 0.335 e. The zero-order valence-corrected chi connectivity index (χ0v) is 23.0. The van der Waals surface area contributed by atoms with Crippen LogP contribution in [0.1, 0.15) is 55.7 Å². The van der Waals surface area contributed by atoms with Crippen LogP contribution in [-0.4, -0.2) is 64.3 Å². The van der Waals surface area contributed by atoms with Gasteiger partial charge >= 0.3 is 11.9 Å². The first kappa shape index (κ1) is 30.7. The fourth-order valence-electron chi connectivity index (χ4n) is 4.91. The van der Waals surface area contributed by atoms with Gasteiger partial charge in [-0.1, -0.05) is 56.0 Å². The third-order valence-electron chi connectivity index (χ3n) is 7.33. The van der Waals surface area contributed by atoms with Gasteiger partial charge in [0, 0.05) is 12.0 Å². The first-order valence-electron chi connectivity index (χ1n) is 13.4. The lowest BCUT2D eigenvalue weighted by molar-refractivity contribution is -0.165. The first-order valence-corrected chi connectivity index (χ1v) is 13.8. The van der Waals surface area contributed by atoms with E-state index >= 15 is 0 Å². The maximum atomic E-state index is 9.77. The second-order valence-electron chi connectivity index (χ2n) is 10.5. The number of ether oxygens (including phenoxy) is 1. The van der Waals surface area contributed by atoms with E-state index < -0.39 is 24.1 Å². The van der Waals surface area contributed by atoms with E-state index in [1.165, 1.54) is 48.8 Å². The highest BCUT2D eigenvalue weighted by Crippen LogP contribution is 2.36. The van der Waals surface area contributed by atoms with Crippen LogP contribution in [0.5, 0.6) is 5.75 Å². The quantitative estimate of drug-likeness (QED) is 0.268. The molecule has 0 aromatic heterocycles. The summed E-state index contributed by atoms with van der Waals surface area (Å²) >= 11 is 6.53.